The van der Waals surface area contributed by atoms with Crippen LogP contribution in [0.2, 0.25) is 0 Å². The molecule has 92 valence electrons. The molecule has 1 rings (SSSR count). The minimum atomic E-state index is -5.36. The monoisotopic (exact) mass is 328 g/mol. The van der Waals surface area contributed by atoms with E-state index >= 15 is 0 Å². The molecule has 0 saturated carbocycles. The Hall–Kier alpha value is 1.15. The first kappa shape index (κ1) is 22.4. The first-order valence-corrected chi connectivity index (χ1v) is 3.98. The summed E-state index contributed by atoms with van der Waals surface area (Å²) in [6.45, 7) is 0. The number of halogens is 4. The molecule has 0 radical (unpaired) electrons. The van der Waals surface area contributed by atoms with Gasteiger partial charge in [-0.25, -0.2) is 4.39 Å². The maximum Gasteiger partial charge on any atom is 1.00 e. The van der Waals surface area contributed by atoms with E-state index in [0.717, 1.165) is 0 Å². The van der Waals surface area contributed by atoms with Crippen LogP contribution in [-0.2, 0) is 6.18 Å². The van der Waals surface area contributed by atoms with Crippen LogP contribution in [0.3, 0.4) is 0 Å². The standard InChI is InChI=1S/C9H4F4O4.2K/c10-4-2-1-3(7(14)15)5(8(16)17)6(4)9(11,12)13;;/h1-2H,(H,14,15)(H,16,17);;/q;2*+1/p-2. The number of hydrogen-bond acceptors (Lipinski definition) is 4. The van der Waals surface area contributed by atoms with Gasteiger partial charge in [0.1, 0.15) is 11.4 Å². The second-order valence-electron chi connectivity index (χ2n) is 2.92. The van der Waals surface area contributed by atoms with Crippen molar-refractivity contribution in [2.45, 2.75) is 6.18 Å². The molecule has 4 nitrogen and oxygen atoms in total. The minimum absolute atomic E-state index is 0. The Morgan fingerprint density at radius 1 is 1.00 bits per heavy atom. The summed E-state index contributed by atoms with van der Waals surface area (Å²) in [7, 11) is 0. The maximum atomic E-state index is 12.9. The van der Waals surface area contributed by atoms with Crippen molar-refractivity contribution in [1.82, 2.24) is 0 Å². The minimum Gasteiger partial charge on any atom is -0.545 e. The summed E-state index contributed by atoms with van der Waals surface area (Å²) < 4.78 is 50.0. The summed E-state index contributed by atoms with van der Waals surface area (Å²) in [5, 5.41) is 20.9. The van der Waals surface area contributed by atoms with E-state index in [2.05, 4.69) is 0 Å². The summed E-state index contributed by atoms with van der Waals surface area (Å²) >= 11 is 0. The first-order chi connectivity index (χ1) is 7.66. The van der Waals surface area contributed by atoms with Gasteiger partial charge in [-0.15, -0.1) is 0 Å². The summed E-state index contributed by atoms with van der Waals surface area (Å²) in [5.74, 6) is -6.52. The van der Waals surface area contributed by atoms with E-state index in [1.807, 2.05) is 0 Å². The Bertz CT molecular complexity index is 502. The quantitative estimate of drug-likeness (QED) is 0.399. The fraction of sp³-hybridized carbons (Fsp3) is 0.111. The van der Waals surface area contributed by atoms with Gasteiger partial charge in [-0.3, -0.25) is 0 Å². The molecule has 0 atom stereocenters. The van der Waals surface area contributed by atoms with Crippen molar-refractivity contribution in [3.05, 3.63) is 34.6 Å². The van der Waals surface area contributed by atoms with Gasteiger partial charge in [0.05, 0.1) is 11.9 Å². The van der Waals surface area contributed by atoms with E-state index in [0.29, 0.717) is 6.07 Å². The molecule has 0 heterocycles. The van der Waals surface area contributed by atoms with Gasteiger partial charge < -0.3 is 19.8 Å². The van der Waals surface area contributed by atoms with E-state index in [-0.39, 0.29) is 109 Å². The number of benzene rings is 1. The second kappa shape index (κ2) is 8.56. The van der Waals surface area contributed by atoms with Crippen LogP contribution < -0.4 is 113 Å². The molecule has 0 spiro atoms. The number of hydrogen-bond donors (Lipinski definition) is 0. The molecule has 0 N–H and O–H groups in total. The van der Waals surface area contributed by atoms with Crippen LogP contribution in [0.25, 0.3) is 0 Å². The average Bonchev–Trinajstić information content (AvgIpc) is 2.14. The summed E-state index contributed by atoms with van der Waals surface area (Å²) in [6, 6.07) is 0.561. The number of alkyl halides is 3. The molecule has 0 fully saturated rings. The molecular formula is C9H2F4K2O4. The van der Waals surface area contributed by atoms with Crippen molar-refractivity contribution < 1.29 is 140 Å². The molecule has 0 aliphatic heterocycles. The number of carboxylic acid groups (broad SMARTS) is 2. The van der Waals surface area contributed by atoms with Crippen LogP contribution in [0.1, 0.15) is 26.3 Å². The number of carbonyl (C=O) groups is 2. The Labute approximate surface area is 189 Å². The zero-order chi connectivity index (χ0) is 13.4. The Morgan fingerprint density at radius 2 is 1.47 bits per heavy atom. The molecule has 0 unspecified atom stereocenters. The molecule has 0 aliphatic rings. The number of carbonyl (C=O) groups excluding carboxylic acids is 2. The predicted octanol–water partition coefficient (Wildman–Crippen LogP) is -6.42. The van der Waals surface area contributed by atoms with Gasteiger partial charge >= 0.3 is 109 Å². The zero-order valence-corrected chi connectivity index (χ0v) is 16.0. The third-order valence-corrected chi connectivity index (χ3v) is 1.86. The first-order valence-electron chi connectivity index (χ1n) is 3.98. The molecule has 10 heteroatoms. The Balaban J connectivity index is 0. The fourth-order valence-corrected chi connectivity index (χ4v) is 1.24. The summed E-state index contributed by atoms with van der Waals surface area (Å²) in [6.07, 6.45) is -5.36. The van der Waals surface area contributed by atoms with Crippen LogP contribution in [0, 0.1) is 5.82 Å². The largest absolute Gasteiger partial charge is 1.00 e. The molecule has 0 saturated heterocycles. The van der Waals surface area contributed by atoms with Crippen molar-refractivity contribution >= 4 is 11.9 Å². The topological polar surface area (TPSA) is 80.3 Å². The SMILES string of the molecule is O=C([O-])c1ccc(F)c(C(F)(F)F)c1C(=O)[O-].[K+].[K+]. The summed E-state index contributed by atoms with van der Waals surface area (Å²) in [5.41, 5.74) is -5.27. The van der Waals surface area contributed by atoms with Gasteiger partial charge in [-0.2, -0.15) is 13.2 Å². The molecule has 0 bridgehead atoms. The van der Waals surface area contributed by atoms with Crippen molar-refractivity contribution in [2.75, 3.05) is 0 Å². The van der Waals surface area contributed by atoms with Crippen LogP contribution in [-0.4, -0.2) is 11.9 Å². The van der Waals surface area contributed by atoms with Crippen molar-refractivity contribution in [3.8, 4) is 0 Å². The van der Waals surface area contributed by atoms with Gasteiger partial charge in [0, 0.05) is 11.1 Å². The van der Waals surface area contributed by atoms with Crippen molar-refractivity contribution in [2.24, 2.45) is 0 Å². The van der Waals surface area contributed by atoms with Crippen molar-refractivity contribution in [3.63, 3.8) is 0 Å². The van der Waals surface area contributed by atoms with E-state index in [1.54, 1.807) is 0 Å². The Morgan fingerprint density at radius 3 is 1.79 bits per heavy atom. The normalized spacial score (nSPS) is 10.1. The molecule has 19 heavy (non-hydrogen) atoms. The van der Waals surface area contributed by atoms with Crippen LogP contribution >= 0.6 is 0 Å². The van der Waals surface area contributed by atoms with Crippen LogP contribution in [0.4, 0.5) is 17.6 Å². The number of carboxylic acids is 2. The molecule has 1 aromatic rings. The fourth-order valence-electron chi connectivity index (χ4n) is 1.24. The molecule has 0 amide bonds. The van der Waals surface area contributed by atoms with Gasteiger partial charge in [0.25, 0.3) is 0 Å². The Kier molecular flexibility index (Phi) is 10.1. The van der Waals surface area contributed by atoms with E-state index in [4.69, 9.17) is 0 Å². The van der Waals surface area contributed by atoms with E-state index in [1.165, 1.54) is 0 Å². The van der Waals surface area contributed by atoms with Gasteiger partial charge in [0.2, 0.25) is 0 Å². The maximum absolute atomic E-state index is 12.9. The third kappa shape index (κ3) is 5.45. The zero-order valence-electron chi connectivity index (χ0n) is 9.80. The summed E-state index contributed by atoms with van der Waals surface area (Å²) in [4.78, 5) is 20.9. The predicted molar refractivity (Wildman–Crippen MR) is 40.1 cm³/mol. The van der Waals surface area contributed by atoms with Gasteiger partial charge in [-0.1, -0.05) is 0 Å². The molecular weight excluding hydrogens is 326 g/mol. The number of rotatable bonds is 2. The van der Waals surface area contributed by atoms with Gasteiger partial charge in [0.15, 0.2) is 0 Å². The second-order valence-corrected chi connectivity index (χ2v) is 2.92. The van der Waals surface area contributed by atoms with Crippen molar-refractivity contribution in [1.29, 1.82) is 0 Å². The number of aromatic carboxylic acids is 2. The third-order valence-electron chi connectivity index (χ3n) is 1.86. The van der Waals surface area contributed by atoms with Gasteiger partial charge in [-0.05, 0) is 12.1 Å². The van der Waals surface area contributed by atoms with Crippen LogP contribution in [0.5, 0.6) is 0 Å². The van der Waals surface area contributed by atoms with E-state index < -0.39 is 40.6 Å². The van der Waals surface area contributed by atoms with Crippen LogP contribution in [0.15, 0.2) is 12.1 Å². The molecule has 0 aliphatic carbocycles. The van der Waals surface area contributed by atoms with E-state index in [9.17, 15) is 37.4 Å². The average molecular weight is 328 g/mol. The smallest absolute Gasteiger partial charge is 0.545 e. The molecule has 1 aromatic carbocycles. The molecule has 0 aromatic heterocycles.